The fourth-order valence-corrected chi connectivity index (χ4v) is 9.72. The summed E-state index contributed by atoms with van der Waals surface area (Å²) in [5, 5.41) is 8.81. The third-order valence-electron chi connectivity index (χ3n) is 8.98. The van der Waals surface area contributed by atoms with Crippen LogP contribution in [-0.4, -0.2) is 0 Å². The second-order valence-electron chi connectivity index (χ2n) is 12.6. The van der Waals surface area contributed by atoms with Gasteiger partial charge < -0.3 is 10.2 Å². The summed E-state index contributed by atoms with van der Waals surface area (Å²) in [7, 11) is 0. The Morgan fingerprint density at radius 1 is 0.418 bits per heavy atom. The van der Waals surface area contributed by atoms with Crippen LogP contribution in [0.1, 0.15) is 0 Å². The van der Waals surface area contributed by atoms with E-state index in [-0.39, 0.29) is 0 Å². The summed E-state index contributed by atoms with van der Waals surface area (Å²) in [5.74, 6) is 0. The van der Waals surface area contributed by atoms with Crippen LogP contribution in [0.5, 0.6) is 0 Å². The van der Waals surface area contributed by atoms with Crippen LogP contribution in [0.25, 0.3) is 40.3 Å². The van der Waals surface area contributed by atoms with Gasteiger partial charge in [-0.05, 0) is 120 Å². The molecule has 268 valence electrons. The number of halogens is 3. The summed E-state index contributed by atoms with van der Waals surface area (Å²) in [5.41, 5.74) is 5.81. The molecule has 10 rings (SSSR count). The van der Waals surface area contributed by atoms with Crippen molar-refractivity contribution in [1.82, 2.24) is 0 Å². The Labute approximate surface area is 359 Å². The maximum atomic E-state index is 3.55. The third-order valence-corrected chi connectivity index (χ3v) is 13.2. The molecule has 10 aromatic rings. The predicted molar refractivity (Wildman–Crippen MR) is 258 cm³/mol. The number of rotatable bonds is 5. The lowest BCUT2D eigenvalue weighted by atomic mass is 10.1. The van der Waals surface area contributed by atoms with Crippen molar-refractivity contribution in [3.05, 3.63) is 207 Å². The van der Waals surface area contributed by atoms with E-state index < -0.39 is 0 Å². The minimum absolute atomic E-state index is 1.08. The van der Waals surface area contributed by atoms with Gasteiger partial charge in [-0.2, -0.15) is 0 Å². The van der Waals surface area contributed by atoms with Gasteiger partial charge in [0.25, 0.3) is 0 Å². The summed E-state index contributed by atoms with van der Waals surface area (Å²) in [6, 6.07) is 67.8. The molecule has 2 aromatic heterocycles. The molecule has 2 nitrogen and oxygen atoms in total. The third kappa shape index (κ3) is 8.67. The van der Waals surface area contributed by atoms with Crippen molar-refractivity contribution < 1.29 is 0 Å². The number of fused-ring (bicyclic) bond motifs is 6. The monoisotopic (exact) mass is 986 g/mol. The Balaban J connectivity index is 0.000000133. The molecule has 1 N–H and O–H groups in total. The second kappa shape index (κ2) is 17.5. The van der Waals surface area contributed by atoms with E-state index in [1.807, 2.05) is 53.0 Å². The van der Waals surface area contributed by atoms with E-state index in [1.54, 1.807) is 0 Å². The topological polar surface area (TPSA) is 15.3 Å². The van der Waals surface area contributed by atoms with E-state index >= 15 is 0 Å². The Bertz CT molecular complexity index is 2800. The van der Waals surface area contributed by atoms with Crippen molar-refractivity contribution in [2.45, 2.75) is 0 Å². The molecule has 0 unspecified atom stereocenters. The Morgan fingerprint density at radius 2 is 0.891 bits per heavy atom. The standard InChI is InChI=1S/C24H16BrNS.C18H13NS.C6H4BrI/c25-17-13-15-19(16-14-17)26(18-7-2-1-3-8-18)22-11-6-10-21-20-9-4-5-12-23(20)27-24(21)22;1-2-7-13(8-3-1)19-16-11-6-10-15-14-9-4-5-12-17(14)20-18(15)16;7-5-1-3-6(8)4-2-5/h1-16H;1-12,19H;1-4H. The summed E-state index contributed by atoms with van der Waals surface area (Å²) < 4.78 is 8.78. The molecular formula is C48H33Br2IN2S2. The molecule has 0 saturated heterocycles. The molecule has 0 saturated carbocycles. The van der Waals surface area contributed by atoms with Crippen molar-refractivity contribution in [2.24, 2.45) is 0 Å². The van der Waals surface area contributed by atoms with Gasteiger partial charge >= 0.3 is 0 Å². The molecule has 0 atom stereocenters. The SMILES string of the molecule is Brc1ccc(I)cc1.Brc1ccc(N(c2ccccc2)c2cccc3c2sc2ccccc23)cc1.c1ccc(Nc2cccc3c2sc2ccccc23)cc1. The largest absolute Gasteiger partial charge is 0.354 e. The van der Waals surface area contributed by atoms with Gasteiger partial charge in [0.15, 0.2) is 0 Å². The summed E-state index contributed by atoms with van der Waals surface area (Å²) >= 11 is 12.9. The molecule has 0 spiro atoms. The van der Waals surface area contributed by atoms with Crippen LogP contribution in [-0.2, 0) is 0 Å². The Morgan fingerprint density at radius 3 is 1.51 bits per heavy atom. The number of nitrogens with one attached hydrogen (secondary N) is 1. The highest BCUT2D eigenvalue weighted by Crippen LogP contribution is 2.44. The van der Waals surface area contributed by atoms with E-state index in [2.05, 4.69) is 228 Å². The van der Waals surface area contributed by atoms with Gasteiger partial charge in [0.05, 0.1) is 20.8 Å². The highest BCUT2D eigenvalue weighted by Gasteiger charge is 2.17. The van der Waals surface area contributed by atoms with Crippen molar-refractivity contribution in [2.75, 3.05) is 10.2 Å². The van der Waals surface area contributed by atoms with Crippen LogP contribution in [0.3, 0.4) is 0 Å². The first kappa shape index (κ1) is 37.4. The maximum absolute atomic E-state index is 3.55. The highest BCUT2D eigenvalue weighted by atomic mass is 127. The van der Waals surface area contributed by atoms with Crippen LogP contribution in [0.15, 0.2) is 203 Å². The van der Waals surface area contributed by atoms with Crippen molar-refractivity contribution in [3.63, 3.8) is 0 Å². The Hall–Kier alpha value is -4.51. The molecule has 55 heavy (non-hydrogen) atoms. The second-order valence-corrected chi connectivity index (χ2v) is 17.8. The number of anilines is 5. The maximum Gasteiger partial charge on any atom is 0.0640 e. The van der Waals surface area contributed by atoms with Gasteiger partial charge in [0, 0.05) is 60.5 Å². The van der Waals surface area contributed by atoms with Crippen molar-refractivity contribution in [1.29, 1.82) is 0 Å². The number of benzene rings is 8. The van der Waals surface area contributed by atoms with E-state index in [1.165, 1.54) is 55.3 Å². The lowest BCUT2D eigenvalue weighted by molar-refractivity contribution is 1.30. The smallest absolute Gasteiger partial charge is 0.0640 e. The van der Waals surface area contributed by atoms with Crippen LogP contribution in [0.4, 0.5) is 28.4 Å². The normalized spacial score (nSPS) is 10.8. The molecule has 0 fully saturated rings. The van der Waals surface area contributed by atoms with Crippen molar-refractivity contribution >= 4 is 146 Å². The quantitative estimate of drug-likeness (QED) is 0.173. The molecule has 0 aliphatic rings. The van der Waals surface area contributed by atoms with Gasteiger partial charge in [-0.15, -0.1) is 22.7 Å². The van der Waals surface area contributed by atoms with Gasteiger partial charge in [0.1, 0.15) is 0 Å². The van der Waals surface area contributed by atoms with Crippen LogP contribution >= 0.6 is 77.1 Å². The fourth-order valence-electron chi connectivity index (χ4n) is 6.45. The van der Waals surface area contributed by atoms with E-state index in [0.29, 0.717) is 0 Å². The molecule has 0 bridgehead atoms. The first-order valence-corrected chi connectivity index (χ1v) is 22.0. The average Bonchev–Trinajstić information content (AvgIpc) is 3.81. The zero-order chi connectivity index (χ0) is 37.6. The minimum Gasteiger partial charge on any atom is -0.354 e. The van der Waals surface area contributed by atoms with E-state index in [9.17, 15) is 0 Å². The average molecular weight is 989 g/mol. The minimum atomic E-state index is 1.08. The summed E-state index contributed by atoms with van der Waals surface area (Å²) in [6.45, 7) is 0. The number of hydrogen-bond donors (Lipinski definition) is 1. The van der Waals surface area contributed by atoms with Gasteiger partial charge in [-0.1, -0.05) is 129 Å². The zero-order valence-electron chi connectivity index (χ0n) is 29.4. The molecule has 0 aliphatic carbocycles. The summed E-state index contributed by atoms with van der Waals surface area (Å²) in [4.78, 5) is 2.34. The van der Waals surface area contributed by atoms with Crippen LogP contribution < -0.4 is 10.2 Å². The van der Waals surface area contributed by atoms with Crippen LogP contribution in [0, 0.1) is 3.57 Å². The van der Waals surface area contributed by atoms with Gasteiger partial charge in [-0.3, -0.25) is 0 Å². The summed E-state index contributed by atoms with van der Waals surface area (Å²) in [6.07, 6.45) is 0. The fraction of sp³-hybridized carbons (Fsp3) is 0. The Kier molecular flexibility index (Phi) is 11.9. The highest BCUT2D eigenvalue weighted by molar-refractivity contribution is 14.1. The zero-order valence-corrected chi connectivity index (χ0v) is 36.3. The molecule has 7 heteroatoms. The lowest BCUT2D eigenvalue weighted by Gasteiger charge is -2.26. The van der Waals surface area contributed by atoms with Crippen molar-refractivity contribution in [3.8, 4) is 0 Å². The molecule has 8 aromatic carbocycles. The predicted octanol–water partition coefficient (Wildman–Crippen LogP) is 17.1. The first-order valence-electron chi connectivity index (χ1n) is 17.7. The molecular weight excluding hydrogens is 955 g/mol. The van der Waals surface area contributed by atoms with Crippen LogP contribution in [0.2, 0.25) is 0 Å². The molecule has 0 radical (unpaired) electrons. The van der Waals surface area contributed by atoms with E-state index in [4.69, 9.17) is 0 Å². The van der Waals surface area contributed by atoms with Gasteiger partial charge in [0.2, 0.25) is 0 Å². The van der Waals surface area contributed by atoms with E-state index in [0.717, 1.165) is 26.0 Å². The number of para-hydroxylation sites is 2. The number of nitrogens with zero attached hydrogens (tertiary/aromatic N) is 1. The molecule has 0 aliphatic heterocycles. The number of thiophene rings is 2. The first-order chi connectivity index (χ1) is 27.0. The number of hydrogen-bond acceptors (Lipinski definition) is 4. The molecule has 0 amide bonds. The molecule has 2 heterocycles. The lowest BCUT2D eigenvalue weighted by Crippen LogP contribution is -2.09. The van der Waals surface area contributed by atoms with Gasteiger partial charge in [-0.25, -0.2) is 0 Å².